The molecule has 1 fully saturated rings. The lowest BCUT2D eigenvalue weighted by Crippen LogP contribution is -2.42. The maximum absolute atomic E-state index is 12.2. The Morgan fingerprint density at radius 1 is 1.19 bits per heavy atom. The highest BCUT2D eigenvalue weighted by molar-refractivity contribution is 6.35. The predicted octanol–water partition coefficient (Wildman–Crippen LogP) is 4.09. The van der Waals surface area contributed by atoms with Crippen molar-refractivity contribution in [3.8, 4) is 0 Å². The number of amides is 1. The summed E-state index contributed by atoms with van der Waals surface area (Å²) in [6.07, 6.45) is 1.72. The van der Waals surface area contributed by atoms with Crippen LogP contribution in [0.2, 0.25) is 10.0 Å². The molecule has 0 bridgehead atoms. The summed E-state index contributed by atoms with van der Waals surface area (Å²) < 4.78 is 7.51. The number of benzene rings is 2. The molecule has 1 saturated heterocycles. The number of halogens is 2. The van der Waals surface area contributed by atoms with Crippen LogP contribution >= 0.6 is 23.2 Å². The highest BCUT2D eigenvalue weighted by atomic mass is 35.5. The lowest BCUT2D eigenvalue weighted by Gasteiger charge is -2.25. The van der Waals surface area contributed by atoms with Gasteiger partial charge in [0.25, 0.3) is 5.91 Å². The van der Waals surface area contributed by atoms with Crippen LogP contribution in [0.4, 0.5) is 0 Å². The molecule has 4 rings (SSSR count). The van der Waals surface area contributed by atoms with Gasteiger partial charge in [-0.3, -0.25) is 9.69 Å². The molecule has 31 heavy (non-hydrogen) atoms. The first kappa shape index (κ1) is 21.8. The van der Waals surface area contributed by atoms with Crippen molar-refractivity contribution in [1.29, 1.82) is 0 Å². The molecule has 0 spiro atoms. The SMILES string of the molecule is Cc1c(/C=N/NC(=O)CN2CCOCC2)c2ccccc2n1Cc1ccc(Cl)cc1Cl. The third-order valence-corrected chi connectivity index (χ3v) is 6.06. The number of hydrazone groups is 1. The monoisotopic (exact) mass is 458 g/mol. The average molecular weight is 459 g/mol. The number of aromatic nitrogens is 1. The van der Waals surface area contributed by atoms with Crippen LogP contribution in [0.15, 0.2) is 47.6 Å². The summed E-state index contributed by atoms with van der Waals surface area (Å²) in [6, 6.07) is 13.7. The lowest BCUT2D eigenvalue weighted by atomic mass is 10.1. The van der Waals surface area contributed by atoms with Gasteiger partial charge in [-0.2, -0.15) is 5.10 Å². The molecule has 6 nitrogen and oxygen atoms in total. The van der Waals surface area contributed by atoms with Gasteiger partial charge in [0.2, 0.25) is 0 Å². The zero-order chi connectivity index (χ0) is 21.8. The molecule has 162 valence electrons. The number of para-hydroxylation sites is 1. The first-order chi connectivity index (χ1) is 15.0. The van der Waals surface area contributed by atoms with E-state index in [1.807, 2.05) is 31.2 Å². The quantitative estimate of drug-likeness (QED) is 0.446. The summed E-state index contributed by atoms with van der Waals surface area (Å²) in [7, 11) is 0. The van der Waals surface area contributed by atoms with E-state index >= 15 is 0 Å². The Labute approximate surface area is 191 Å². The second kappa shape index (κ2) is 9.83. The fourth-order valence-electron chi connectivity index (χ4n) is 3.81. The Bertz CT molecular complexity index is 1120. The summed E-state index contributed by atoms with van der Waals surface area (Å²) in [5.74, 6) is -0.132. The van der Waals surface area contributed by atoms with Gasteiger partial charge in [-0.1, -0.05) is 47.5 Å². The van der Waals surface area contributed by atoms with E-state index in [4.69, 9.17) is 27.9 Å². The van der Waals surface area contributed by atoms with Crippen molar-refractivity contribution < 1.29 is 9.53 Å². The third kappa shape index (κ3) is 5.10. The molecule has 0 atom stereocenters. The van der Waals surface area contributed by atoms with Crippen LogP contribution in [-0.2, 0) is 16.1 Å². The van der Waals surface area contributed by atoms with Crippen molar-refractivity contribution in [3.63, 3.8) is 0 Å². The molecule has 0 saturated carbocycles. The number of rotatable bonds is 6. The van der Waals surface area contributed by atoms with Gasteiger partial charge < -0.3 is 9.30 Å². The molecular weight excluding hydrogens is 435 g/mol. The molecule has 2 heterocycles. The average Bonchev–Trinajstić information content (AvgIpc) is 3.02. The van der Waals surface area contributed by atoms with Crippen molar-refractivity contribution in [2.24, 2.45) is 5.10 Å². The van der Waals surface area contributed by atoms with Gasteiger partial charge in [-0.15, -0.1) is 0 Å². The standard InChI is InChI=1S/C23H24Cl2N4O2/c1-16-20(13-26-27-23(30)15-28-8-10-31-11-9-28)19-4-2-3-5-22(19)29(16)14-17-6-7-18(24)12-21(17)25/h2-7,12-13H,8-11,14-15H2,1H3,(H,27,30)/b26-13+. The minimum Gasteiger partial charge on any atom is -0.379 e. The minimum absolute atomic E-state index is 0.132. The van der Waals surface area contributed by atoms with Gasteiger partial charge in [0, 0.05) is 51.8 Å². The molecule has 0 aliphatic carbocycles. The fourth-order valence-corrected chi connectivity index (χ4v) is 4.28. The number of nitrogens with zero attached hydrogens (tertiary/aromatic N) is 3. The Balaban J connectivity index is 1.54. The van der Waals surface area contributed by atoms with Crippen LogP contribution in [0.25, 0.3) is 10.9 Å². The van der Waals surface area contributed by atoms with Gasteiger partial charge in [-0.25, -0.2) is 5.43 Å². The maximum atomic E-state index is 12.2. The van der Waals surface area contributed by atoms with E-state index in [1.165, 1.54) is 0 Å². The molecule has 1 aliphatic heterocycles. The Morgan fingerprint density at radius 2 is 1.97 bits per heavy atom. The van der Waals surface area contributed by atoms with Crippen LogP contribution < -0.4 is 5.43 Å². The normalized spacial score (nSPS) is 15.1. The largest absolute Gasteiger partial charge is 0.379 e. The van der Waals surface area contributed by atoms with Crippen molar-refractivity contribution >= 4 is 46.2 Å². The van der Waals surface area contributed by atoms with Crippen molar-refractivity contribution in [1.82, 2.24) is 14.9 Å². The number of carbonyl (C=O) groups excluding carboxylic acids is 1. The molecule has 1 amide bonds. The van der Waals surface area contributed by atoms with Crippen molar-refractivity contribution in [3.05, 3.63) is 69.3 Å². The summed E-state index contributed by atoms with van der Waals surface area (Å²) in [5.41, 5.74) is 6.71. The topological polar surface area (TPSA) is 58.9 Å². The van der Waals surface area contributed by atoms with Crippen LogP contribution in [0.5, 0.6) is 0 Å². The second-order valence-electron chi connectivity index (χ2n) is 7.52. The molecule has 2 aromatic carbocycles. The second-order valence-corrected chi connectivity index (χ2v) is 8.36. The van der Waals surface area contributed by atoms with Crippen LogP contribution in [0.3, 0.4) is 0 Å². The fraction of sp³-hybridized carbons (Fsp3) is 0.304. The summed E-state index contributed by atoms with van der Waals surface area (Å²) in [5, 5.41) is 6.54. The first-order valence-electron chi connectivity index (χ1n) is 10.2. The van der Waals surface area contributed by atoms with Gasteiger partial charge >= 0.3 is 0 Å². The summed E-state index contributed by atoms with van der Waals surface area (Å²) in [6.45, 7) is 5.81. The molecule has 0 unspecified atom stereocenters. The van der Waals surface area contributed by atoms with Crippen LogP contribution in [0, 0.1) is 6.92 Å². The minimum atomic E-state index is -0.132. The van der Waals surface area contributed by atoms with E-state index in [0.717, 1.165) is 40.8 Å². The van der Waals surface area contributed by atoms with E-state index in [0.29, 0.717) is 36.3 Å². The smallest absolute Gasteiger partial charge is 0.254 e. The zero-order valence-corrected chi connectivity index (χ0v) is 18.8. The van der Waals surface area contributed by atoms with E-state index in [2.05, 4.69) is 32.1 Å². The lowest BCUT2D eigenvalue weighted by molar-refractivity contribution is -0.123. The third-order valence-electron chi connectivity index (χ3n) is 5.48. The molecule has 3 aromatic rings. The van der Waals surface area contributed by atoms with Gasteiger partial charge in [0.05, 0.1) is 26.0 Å². The Hall–Kier alpha value is -2.38. The number of carbonyl (C=O) groups is 1. The van der Waals surface area contributed by atoms with E-state index < -0.39 is 0 Å². The Kier molecular flexibility index (Phi) is 6.92. The van der Waals surface area contributed by atoms with Crippen molar-refractivity contribution in [2.45, 2.75) is 13.5 Å². The summed E-state index contributed by atoms with van der Waals surface area (Å²) in [4.78, 5) is 14.3. The van der Waals surface area contributed by atoms with Crippen LogP contribution in [0.1, 0.15) is 16.8 Å². The predicted molar refractivity (Wildman–Crippen MR) is 125 cm³/mol. The van der Waals surface area contributed by atoms with Gasteiger partial charge in [0.15, 0.2) is 0 Å². The molecule has 1 aliphatic rings. The van der Waals surface area contributed by atoms with E-state index in [-0.39, 0.29) is 5.91 Å². The highest BCUT2D eigenvalue weighted by Crippen LogP contribution is 2.28. The highest BCUT2D eigenvalue weighted by Gasteiger charge is 2.15. The summed E-state index contributed by atoms with van der Waals surface area (Å²) >= 11 is 12.4. The number of hydrogen-bond acceptors (Lipinski definition) is 4. The Morgan fingerprint density at radius 3 is 2.74 bits per heavy atom. The van der Waals surface area contributed by atoms with E-state index in [9.17, 15) is 4.79 Å². The van der Waals surface area contributed by atoms with Crippen molar-refractivity contribution in [2.75, 3.05) is 32.8 Å². The molecule has 8 heteroatoms. The molecular formula is C23H24Cl2N4O2. The molecule has 1 N–H and O–H groups in total. The molecule has 1 aromatic heterocycles. The molecule has 0 radical (unpaired) electrons. The zero-order valence-electron chi connectivity index (χ0n) is 17.3. The van der Waals surface area contributed by atoms with Crippen LogP contribution in [-0.4, -0.2) is 54.4 Å². The number of morpholine rings is 1. The maximum Gasteiger partial charge on any atom is 0.254 e. The first-order valence-corrected chi connectivity index (χ1v) is 10.9. The number of nitrogens with one attached hydrogen (secondary N) is 1. The number of hydrogen-bond donors (Lipinski definition) is 1. The number of ether oxygens (including phenoxy) is 1. The van der Waals surface area contributed by atoms with Gasteiger partial charge in [0.1, 0.15) is 0 Å². The van der Waals surface area contributed by atoms with E-state index in [1.54, 1.807) is 12.3 Å². The number of fused-ring (bicyclic) bond motifs is 1. The van der Waals surface area contributed by atoms with Gasteiger partial charge in [-0.05, 0) is 30.7 Å².